The summed E-state index contributed by atoms with van der Waals surface area (Å²) in [6.45, 7) is 0.151. The van der Waals surface area contributed by atoms with Crippen LogP contribution in [0.2, 0.25) is 0 Å². The van der Waals surface area contributed by atoms with E-state index in [9.17, 15) is 8.78 Å². The predicted molar refractivity (Wildman–Crippen MR) is 75.5 cm³/mol. The van der Waals surface area contributed by atoms with Crippen molar-refractivity contribution in [2.24, 2.45) is 0 Å². The molecular weight excluding hydrogens is 330 g/mol. The molecule has 2 nitrogen and oxygen atoms in total. The molecule has 0 amide bonds. The van der Waals surface area contributed by atoms with E-state index in [1.807, 2.05) is 12.1 Å². The molecule has 0 spiro atoms. The molecule has 0 radical (unpaired) electrons. The lowest BCUT2D eigenvalue weighted by Gasteiger charge is -2.08. The molecule has 2 rings (SSSR count). The van der Waals surface area contributed by atoms with E-state index in [-0.39, 0.29) is 23.2 Å². The Morgan fingerprint density at radius 3 is 2.35 bits per heavy atom. The van der Waals surface area contributed by atoms with E-state index in [2.05, 4.69) is 15.9 Å². The molecule has 2 aromatic carbocycles. The number of hydrogen-bond donors (Lipinski definition) is 0. The van der Waals surface area contributed by atoms with E-state index in [1.54, 1.807) is 19.2 Å². The molecule has 0 fully saturated rings. The molecule has 0 aliphatic heterocycles. The van der Waals surface area contributed by atoms with E-state index in [0.29, 0.717) is 0 Å². The highest BCUT2D eigenvalue weighted by Gasteiger charge is 2.12. The smallest absolute Gasteiger partial charge is 0.145 e. The number of rotatable bonds is 5. The second-order valence-corrected chi connectivity index (χ2v) is 5.02. The lowest BCUT2D eigenvalue weighted by atomic mass is 10.2. The minimum absolute atomic E-state index is 0.0760. The molecule has 0 aliphatic rings. The van der Waals surface area contributed by atoms with Crippen molar-refractivity contribution >= 4 is 15.9 Å². The quantitative estimate of drug-likeness (QED) is 0.747. The van der Waals surface area contributed by atoms with Crippen LogP contribution in [0.1, 0.15) is 11.1 Å². The van der Waals surface area contributed by atoms with Gasteiger partial charge < -0.3 is 9.47 Å². The minimum atomic E-state index is -0.625. The normalized spacial score (nSPS) is 10.6. The highest BCUT2D eigenvalue weighted by atomic mass is 79.9. The van der Waals surface area contributed by atoms with Crippen molar-refractivity contribution in [3.05, 3.63) is 63.6 Å². The molecule has 2 aromatic rings. The van der Waals surface area contributed by atoms with Gasteiger partial charge in [0.25, 0.3) is 0 Å². The lowest BCUT2D eigenvalue weighted by molar-refractivity contribution is 0.102. The van der Waals surface area contributed by atoms with Crippen molar-refractivity contribution in [1.82, 2.24) is 0 Å². The van der Waals surface area contributed by atoms with E-state index in [4.69, 9.17) is 9.47 Å². The molecule has 106 valence electrons. The first-order valence-corrected chi connectivity index (χ1v) is 6.74. The average molecular weight is 343 g/mol. The summed E-state index contributed by atoms with van der Waals surface area (Å²) in [7, 11) is 1.59. The summed E-state index contributed by atoms with van der Waals surface area (Å²) < 4.78 is 37.8. The van der Waals surface area contributed by atoms with Gasteiger partial charge in [0.2, 0.25) is 0 Å². The van der Waals surface area contributed by atoms with Crippen molar-refractivity contribution in [1.29, 1.82) is 0 Å². The first kappa shape index (κ1) is 14.9. The summed E-state index contributed by atoms with van der Waals surface area (Å²) in [6.07, 6.45) is 0. The van der Waals surface area contributed by atoms with Gasteiger partial charge in [-0.2, -0.15) is 0 Å². The van der Waals surface area contributed by atoms with Gasteiger partial charge in [-0.3, -0.25) is 0 Å². The van der Waals surface area contributed by atoms with Gasteiger partial charge in [0, 0.05) is 0 Å². The van der Waals surface area contributed by atoms with Gasteiger partial charge in [-0.05, 0) is 45.8 Å². The monoisotopic (exact) mass is 342 g/mol. The van der Waals surface area contributed by atoms with Crippen LogP contribution >= 0.6 is 15.9 Å². The number of methoxy groups -OCH3 is 1. The molecule has 0 aromatic heterocycles. The molecule has 0 heterocycles. The number of hydrogen-bond acceptors (Lipinski definition) is 2. The van der Waals surface area contributed by atoms with Crippen molar-refractivity contribution in [2.75, 3.05) is 7.11 Å². The van der Waals surface area contributed by atoms with Gasteiger partial charge in [0.1, 0.15) is 17.4 Å². The Labute approximate surface area is 124 Å². The third-order valence-corrected chi connectivity index (χ3v) is 3.43. The Balaban J connectivity index is 1.97. The number of halogens is 3. The van der Waals surface area contributed by atoms with Crippen LogP contribution in [-0.4, -0.2) is 7.11 Å². The first-order chi connectivity index (χ1) is 9.61. The zero-order chi connectivity index (χ0) is 14.5. The van der Waals surface area contributed by atoms with E-state index < -0.39 is 11.6 Å². The van der Waals surface area contributed by atoms with E-state index >= 15 is 0 Å². The van der Waals surface area contributed by atoms with Crippen LogP contribution in [0.4, 0.5) is 8.78 Å². The van der Waals surface area contributed by atoms with Crippen molar-refractivity contribution in [2.45, 2.75) is 13.2 Å². The van der Waals surface area contributed by atoms with Crippen LogP contribution in [0, 0.1) is 11.6 Å². The standard InChI is InChI=1S/C15H13BrF2O2/c1-19-11-4-2-10(3-5-11)8-20-9-12-14(17)7-6-13(16)15(12)18/h2-7H,8-9H2,1H3. The maximum absolute atomic E-state index is 13.7. The van der Waals surface area contributed by atoms with Gasteiger partial charge in [0.05, 0.1) is 30.4 Å². The fourth-order valence-corrected chi connectivity index (χ4v) is 2.07. The van der Waals surface area contributed by atoms with E-state index in [0.717, 1.165) is 11.3 Å². The summed E-state index contributed by atoms with van der Waals surface area (Å²) in [4.78, 5) is 0. The van der Waals surface area contributed by atoms with Gasteiger partial charge in [0.15, 0.2) is 0 Å². The second-order valence-electron chi connectivity index (χ2n) is 4.16. The van der Waals surface area contributed by atoms with Crippen LogP contribution < -0.4 is 4.74 Å². The molecule has 0 saturated heterocycles. The third kappa shape index (κ3) is 3.55. The van der Waals surface area contributed by atoms with Crippen LogP contribution in [0.25, 0.3) is 0 Å². The maximum Gasteiger partial charge on any atom is 0.145 e. The molecule has 0 saturated carbocycles. The molecule has 0 unspecified atom stereocenters. The summed E-state index contributed by atoms with van der Waals surface area (Å²) >= 11 is 3.02. The third-order valence-electron chi connectivity index (χ3n) is 2.81. The van der Waals surface area contributed by atoms with Crippen molar-refractivity contribution in [3.8, 4) is 5.75 Å². The Kier molecular flexibility index (Phi) is 5.09. The SMILES string of the molecule is COc1ccc(COCc2c(F)ccc(Br)c2F)cc1. The topological polar surface area (TPSA) is 18.5 Å². The largest absolute Gasteiger partial charge is 0.497 e. The Morgan fingerprint density at radius 1 is 1.00 bits per heavy atom. The van der Waals surface area contributed by atoms with Gasteiger partial charge in [-0.25, -0.2) is 8.78 Å². The summed E-state index contributed by atoms with van der Waals surface area (Å²) in [5.41, 5.74) is 0.828. The lowest BCUT2D eigenvalue weighted by Crippen LogP contribution is -2.01. The van der Waals surface area contributed by atoms with Crippen LogP contribution in [0.3, 0.4) is 0 Å². The van der Waals surface area contributed by atoms with Crippen molar-refractivity contribution in [3.63, 3.8) is 0 Å². The second kappa shape index (κ2) is 6.81. The van der Waals surface area contributed by atoms with Crippen LogP contribution in [0.15, 0.2) is 40.9 Å². The van der Waals surface area contributed by atoms with Gasteiger partial charge in [-0.15, -0.1) is 0 Å². The Hall–Kier alpha value is -1.46. The molecule has 0 N–H and O–H groups in total. The average Bonchev–Trinajstić information content (AvgIpc) is 2.47. The minimum Gasteiger partial charge on any atom is -0.497 e. The Bertz CT molecular complexity index is 585. The Morgan fingerprint density at radius 2 is 1.70 bits per heavy atom. The van der Waals surface area contributed by atoms with Crippen molar-refractivity contribution < 1.29 is 18.3 Å². The highest BCUT2D eigenvalue weighted by Crippen LogP contribution is 2.22. The van der Waals surface area contributed by atoms with Gasteiger partial charge >= 0.3 is 0 Å². The number of benzene rings is 2. The van der Waals surface area contributed by atoms with E-state index in [1.165, 1.54) is 12.1 Å². The highest BCUT2D eigenvalue weighted by molar-refractivity contribution is 9.10. The summed E-state index contributed by atoms with van der Waals surface area (Å²) in [6, 6.07) is 9.83. The fraction of sp³-hybridized carbons (Fsp3) is 0.200. The fourth-order valence-electron chi connectivity index (χ4n) is 1.69. The molecular formula is C15H13BrF2O2. The molecule has 0 atom stereocenters. The number of ether oxygens (including phenoxy) is 2. The molecule has 20 heavy (non-hydrogen) atoms. The first-order valence-electron chi connectivity index (χ1n) is 5.95. The maximum atomic E-state index is 13.7. The zero-order valence-electron chi connectivity index (χ0n) is 10.8. The van der Waals surface area contributed by atoms with Crippen LogP contribution in [-0.2, 0) is 18.0 Å². The predicted octanol–water partition coefficient (Wildman–Crippen LogP) is 4.45. The van der Waals surface area contributed by atoms with Crippen LogP contribution in [0.5, 0.6) is 5.75 Å². The molecule has 5 heteroatoms. The molecule has 0 bridgehead atoms. The van der Waals surface area contributed by atoms with Gasteiger partial charge in [-0.1, -0.05) is 12.1 Å². The summed E-state index contributed by atoms with van der Waals surface area (Å²) in [5, 5.41) is 0. The summed E-state index contributed by atoms with van der Waals surface area (Å²) in [5.74, 6) is -0.488. The molecule has 0 aliphatic carbocycles. The zero-order valence-corrected chi connectivity index (χ0v) is 12.4.